The fraction of sp³-hybridized carbons (Fsp3) is 0.133. The average molecular weight is 555 g/mol. The summed E-state index contributed by atoms with van der Waals surface area (Å²) in [6.07, 6.45) is 1.67. The molecule has 0 aliphatic heterocycles. The summed E-state index contributed by atoms with van der Waals surface area (Å²) in [6, 6.07) is 15.4. The molecule has 11 heteroatoms. The molecule has 3 aromatic carbocycles. The molecular formula is C30H24F2N6O3. The molecule has 0 radical (unpaired) electrons. The topological polar surface area (TPSA) is 114 Å². The van der Waals surface area contributed by atoms with Gasteiger partial charge in [0.05, 0.1) is 18.6 Å². The Morgan fingerprint density at radius 1 is 1.05 bits per heavy atom. The molecule has 0 spiro atoms. The third-order valence-corrected chi connectivity index (χ3v) is 6.47. The van der Waals surface area contributed by atoms with E-state index in [9.17, 15) is 23.5 Å². The Bertz CT molecular complexity index is 1900. The standard InChI is InChI=1S/C30H24F2N6O3/c1-18-27(29(41)38(37(18)2)17-20-5-11-24(31)25(32)15-20)28(40)33-13-3-4-19-6-12-26-21(14-19)16-34-30(36-26)35-22-7-9-23(39)10-8-22/h5-12,14-16,39H,13,17H2,1-2H3,(H,33,40)(H,34,35,36). The van der Waals surface area contributed by atoms with Gasteiger partial charge in [0.25, 0.3) is 11.5 Å². The van der Waals surface area contributed by atoms with Crippen LogP contribution in [0.3, 0.4) is 0 Å². The van der Waals surface area contributed by atoms with Crippen LogP contribution in [0.25, 0.3) is 10.9 Å². The predicted molar refractivity (Wildman–Crippen MR) is 150 cm³/mol. The molecule has 2 aromatic heterocycles. The maximum atomic E-state index is 13.6. The van der Waals surface area contributed by atoms with E-state index in [0.29, 0.717) is 28.3 Å². The van der Waals surface area contributed by atoms with Gasteiger partial charge < -0.3 is 15.7 Å². The lowest BCUT2D eigenvalue weighted by Crippen LogP contribution is -2.31. The van der Waals surface area contributed by atoms with Crippen LogP contribution in [0.15, 0.2) is 71.7 Å². The van der Waals surface area contributed by atoms with E-state index in [1.807, 2.05) is 12.1 Å². The number of phenolic OH excluding ortho intramolecular Hbond substituents is 1. The van der Waals surface area contributed by atoms with E-state index < -0.39 is 23.1 Å². The van der Waals surface area contributed by atoms with Crippen LogP contribution in [0.4, 0.5) is 20.4 Å². The fourth-order valence-corrected chi connectivity index (χ4v) is 4.22. The van der Waals surface area contributed by atoms with Gasteiger partial charge in [-0.2, -0.15) is 0 Å². The summed E-state index contributed by atoms with van der Waals surface area (Å²) in [6.45, 7) is 1.60. The lowest BCUT2D eigenvalue weighted by atomic mass is 10.1. The highest BCUT2D eigenvalue weighted by molar-refractivity contribution is 5.95. The van der Waals surface area contributed by atoms with Crippen LogP contribution in [0.2, 0.25) is 0 Å². The van der Waals surface area contributed by atoms with Gasteiger partial charge in [-0.15, -0.1) is 0 Å². The number of anilines is 2. The number of nitrogens with zero attached hydrogens (tertiary/aromatic N) is 4. The molecule has 0 aliphatic rings. The number of hydrogen-bond donors (Lipinski definition) is 3. The van der Waals surface area contributed by atoms with Crippen molar-refractivity contribution in [3.8, 4) is 17.6 Å². The summed E-state index contributed by atoms with van der Waals surface area (Å²) in [5, 5.41) is 15.9. The largest absolute Gasteiger partial charge is 0.508 e. The molecule has 0 fully saturated rings. The predicted octanol–water partition coefficient (Wildman–Crippen LogP) is 4.00. The van der Waals surface area contributed by atoms with E-state index in [-0.39, 0.29) is 24.4 Å². The number of aromatic hydroxyl groups is 1. The normalized spacial score (nSPS) is 10.7. The highest BCUT2D eigenvalue weighted by atomic mass is 19.2. The second kappa shape index (κ2) is 11.3. The molecular weight excluding hydrogens is 530 g/mol. The molecule has 0 bridgehead atoms. The third-order valence-electron chi connectivity index (χ3n) is 6.47. The minimum Gasteiger partial charge on any atom is -0.508 e. The number of halogens is 2. The zero-order valence-corrected chi connectivity index (χ0v) is 22.1. The zero-order chi connectivity index (χ0) is 29.1. The van der Waals surface area contributed by atoms with E-state index in [4.69, 9.17) is 0 Å². The van der Waals surface area contributed by atoms with Crippen molar-refractivity contribution in [3.05, 3.63) is 111 Å². The lowest BCUT2D eigenvalue weighted by molar-refractivity contribution is 0.0956. The molecule has 5 aromatic rings. The summed E-state index contributed by atoms with van der Waals surface area (Å²) in [7, 11) is 1.61. The highest BCUT2D eigenvalue weighted by Crippen LogP contribution is 2.19. The number of nitrogens with one attached hydrogen (secondary N) is 2. The minimum absolute atomic E-state index is 0.000193. The molecule has 0 aliphatic carbocycles. The monoisotopic (exact) mass is 554 g/mol. The van der Waals surface area contributed by atoms with E-state index in [1.165, 1.54) is 15.4 Å². The number of phenols is 1. The van der Waals surface area contributed by atoms with Crippen molar-refractivity contribution in [3.63, 3.8) is 0 Å². The maximum absolute atomic E-state index is 13.6. The van der Waals surface area contributed by atoms with Gasteiger partial charge in [0, 0.05) is 35.6 Å². The van der Waals surface area contributed by atoms with Crippen LogP contribution >= 0.6 is 0 Å². The highest BCUT2D eigenvalue weighted by Gasteiger charge is 2.21. The van der Waals surface area contributed by atoms with E-state index in [0.717, 1.165) is 23.2 Å². The van der Waals surface area contributed by atoms with Crippen LogP contribution in [0, 0.1) is 30.4 Å². The summed E-state index contributed by atoms with van der Waals surface area (Å²) >= 11 is 0. The molecule has 41 heavy (non-hydrogen) atoms. The summed E-state index contributed by atoms with van der Waals surface area (Å²) in [5.74, 6) is 3.86. The number of aromatic nitrogens is 4. The quantitative estimate of drug-likeness (QED) is 0.216. The number of rotatable bonds is 6. The van der Waals surface area contributed by atoms with Gasteiger partial charge in [0.1, 0.15) is 11.3 Å². The molecule has 0 unspecified atom stereocenters. The molecule has 5 rings (SSSR count). The van der Waals surface area contributed by atoms with Gasteiger partial charge in [-0.3, -0.25) is 14.3 Å². The van der Waals surface area contributed by atoms with Crippen molar-refractivity contribution in [2.75, 3.05) is 11.9 Å². The summed E-state index contributed by atoms with van der Waals surface area (Å²) in [5.41, 5.74) is 2.36. The third kappa shape index (κ3) is 5.91. The van der Waals surface area contributed by atoms with Crippen LogP contribution in [-0.4, -0.2) is 36.9 Å². The first-order valence-corrected chi connectivity index (χ1v) is 12.5. The van der Waals surface area contributed by atoms with Crippen molar-refractivity contribution >= 4 is 28.4 Å². The minimum atomic E-state index is -1.01. The first-order valence-electron chi connectivity index (χ1n) is 12.5. The number of carbonyl (C=O) groups excluding carboxylic acids is 1. The second-order valence-electron chi connectivity index (χ2n) is 9.22. The van der Waals surface area contributed by atoms with Crippen molar-refractivity contribution in [2.45, 2.75) is 13.5 Å². The summed E-state index contributed by atoms with van der Waals surface area (Å²) < 4.78 is 29.7. The second-order valence-corrected chi connectivity index (χ2v) is 9.22. The van der Waals surface area contributed by atoms with Gasteiger partial charge in [-0.25, -0.2) is 23.4 Å². The number of fused-ring (bicyclic) bond motifs is 1. The van der Waals surface area contributed by atoms with Crippen molar-refractivity contribution in [2.24, 2.45) is 7.05 Å². The molecule has 1 amide bonds. The van der Waals surface area contributed by atoms with E-state index in [2.05, 4.69) is 32.4 Å². The average Bonchev–Trinajstić information content (AvgIpc) is 3.17. The Morgan fingerprint density at radius 3 is 2.59 bits per heavy atom. The maximum Gasteiger partial charge on any atom is 0.280 e. The van der Waals surface area contributed by atoms with Crippen molar-refractivity contribution < 1.29 is 18.7 Å². The number of benzene rings is 3. The van der Waals surface area contributed by atoms with Gasteiger partial charge in [-0.1, -0.05) is 17.9 Å². The fourth-order valence-electron chi connectivity index (χ4n) is 4.22. The molecule has 0 atom stereocenters. The molecule has 2 heterocycles. The Morgan fingerprint density at radius 2 is 1.83 bits per heavy atom. The Balaban J connectivity index is 1.24. The van der Waals surface area contributed by atoms with Gasteiger partial charge in [0.2, 0.25) is 5.95 Å². The first-order chi connectivity index (χ1) is 19.7. The lowest BCUT2D eigenvalue weighted by Gasteiger charge is -2.08. The van der Waals surface area contributed by atoms with E-state index >= 15 is 0 Å². The Labute approximate surface area is 233 Å². The van der Waals surface area contributed by atoms with Gasteiger partial charge in [0.15, 0.2) is 11.6 Å². The first kappa shape index (κ1) is 27.1. The summed E-state index contributed by atoms with van der Waals surface area (Å²) in [4.78, 5) is 34.6. The number of hydrogen-bond acceptors (Lipinski definition) is 6. The van der Waals surface area contributed by atoms with Crippen LogP contribution in [0.1, 0.15) is 27.2 Å². The molecule has 206 valence electrons. The van der Waals surface area contributed by atoms with Crippen molar-refractivity contribution in [1.82, 2.24) is 24.6 Å². The number of carbonyl (C=O) groups is 1. The van der Waals surface area contributed by atoms with Crippen LogP contribution in [-0.2, 0) is 13.6 Å². The SMILES string of the molecule is Cc1c(C(=O)NCC#Cc2ccc3nc(Nc4ccc(O)cc4)ncc3c2)c(=O)n(Cc2ccc(F)c(F)c2)n1C. The molecule has 3 N–H and O–H groups in total. The van der Waals surface area contributed by atoms with E-state index in [1.54, 1.807) is 50.5 Å². The Hall–Kier alpha value is -5.50. The molecule has 0 saturated carbocycles. The van der Waals surface area contributed by atoms with Crippen LogP contribution in [0.5, 0.6) is 5.75 Å². The molecule has 0 saturated heterocycles. The Kier molecular flexibility index (Phi) is 7.47. The van der Waals surface area contributed by atoms with Gasteiger partial charge >= 0.3 is 0 Å². The van der Waals surface area contributed by atoms with Crippen molar-refractivity contribution in [1.29, 1.82) is 0 Å². The zero-order valence-electron chi connectivity index (χ0n) is 22.1. The van der Waals surface area contributed by atoms with Crippen LogP contribution < -0.4 is 16.2 Å². The van der Waals surface area contributed by atoms with Gasteiger partial charge in [-0.05, 0) is 67.1 Å². The number of amides is 1. The smallest absolute Gasteiger partial charge is 0.280 e. The molecule has 9 nitrogen and oxygen atoms in total.